The predicted octanol–water partition coefficient (Wildman–Crippen LogP) is 1.74. The molecule has 0 spiro atoms. The van der Waals surface area contributed by atoms with Crippen LogP contribution in [0.25, 0.3) is 5.69 Å². The number of rotatable bonds is 6. The van der Waals surface area contributed by atoms with Crippen LogP contribution in [0.15, 0.2) is 36.8 Å². The zero-order valence-electron chi connectivity index (χ0n) is 14.5. The van der Waals surface area contributed by atoms with E-state index in [0.29, 0.717) is 13.0 Å². The fourth-order valence-electron chi connectivity index (χ4n) is 2.78. The molecule has 1 amide bonds. The van der Waals surface area contributed by atoms with E-state index in [1.807, 2.05) is 42.9 Å². The number of nitrogens with zero attached hydrogens (tertiary/aromatic N) is 6. The molecule has 0 saturated carbocycles. The van der Waals surface area contributed by atoms with Gasteiger partial charge >= 0.3 is 0 Å². The van der Waals surface area contributed by atoms with E-state index >= 15 is 0 Å². The van der Waals surface area contributed by atoms with Gasteiger partial charge in [-0.05, 0) is 42.8 Å². The van der Waals surface area contributed by atoms with Crippen molar-refractivity contribution < 1.29 is 4.79 Å². The van der Waals surface area contributed by atoms with Crippen molar-refractivity contribution in [3.05, 3.63) is 53.6 Å². The minimum absolute atomic E-state index is 0.0500. The lowest BCUT2D eigenvalue weighted by Gasteiger charge is -2.14. The lowest BCUT2D eigenvalue weighted by molar-refractivity contribution is -0.122. The quantitative estimate of drug-likeness (QED) is 0.739. The van der Waals surface area contributed by atoms with Crippen LogP contribution in [-0.2, 0) is 11.3 Å². The van der Waals surface area contributed by atoms with Crippen molar-refractivity contribution >= 4 is 5.91 Å². The molecule has 0 aliphatic heterocycles. The average Bonchev–Trinajstić information content (AvgIpc) is 3.23. The van der Waals surface area contributed by atoms with Crippen molar-refractivity contribution in [1.82, 2.24) is 35.3 Å². The average molecular weight is 339 g/mol. The molecule has 0 bridgehead atoms. The van der Waals surface area contributed by atoms with Gasteiger partial charge in [0.15, 0.2) is 0 Å². The summed E-state index contributed by atoms with van der Waals surface area (Å²) in [7, 11) is 0. The maximum Gasteiger partial charge on any atom is 0.222 e. The Balaban J connectivity index is 1.67. The van der Waals surface area contributed by atoms with Crippen LogP contribution in [0.4, 0.5) is 0 Å². The molecule has 0 fully saturated rings. The number of carbonyl (C=O) groups excluding carboxylic acids is 1. The van der Waals surface area contributed by atoms with Gasteiger partial charge in [-0.1, -0.05) is 18.2 Å². The maximum absolute atomic E-state index is 12.1. The van der Waals surface area contributed by atoms with Crippen molar-refractivity contribution in [3.8, 4) is 5.69 Å². The number of benzene rings is 1. The molecule has 25 heavy (non-hydrogen) atoms. The van der Waals surface area contributed by atoms with Crippen molar-refractivity contribution in [1.29, 1.82) is 0 Å². The van der Waals surface area contributed by atoms with Crippen LogP contribution in [0, 0.1) is 13.8 Å². The lowest BCUT2D eigenvalue weighted by atomic mass is 10.1. The molecule has 3 aromatic rings. The van der Waals surface area contributed by atoms with Gasteiger partial charge in [0, 0.05) is 17.7 Å². The summed E-state index contributed by atoms with van der Waals surface area (Å²) in [5, 5.41) is 18.3. The molecule has 130 valence electrons. The molecule has 1 aromatic carbocycles. The topological polar surface area (TPSA) is 90.5 Å². The number of aryl methyl sites for hydroxylation is 2. The number of amides is 1. The highest BCUT2D eigenvalue weighted by molar-refractivity contribution is 5.76. The second-order valence-corrected chi connectivity index (χ2v) is 6.00. The lowest BCUT2D eigenvalue weighted by Crippen LogP contribution is -2.27. The molecule has 1 atom stereocenters. The largest absolute Gasteiger partial charge is 0.349 e. The zero-order chi connectivity index (χ0) is 17.8. The first-order chi connectivity index (χ1) is 12.1. The second kappa shape index (κ2) is 7.25. The highest BCUT2D eigenvalue weighted by atomic mass is 16.1. The van der Waals surface area contributed by atoms with Gasteiger partial charge in [0.1, 0.15) is 6.33 Å². The Morgan fingerprint density at radius 1 is 1.28 bits per heavy atom. The first-order valence-corrected chi connectivity index (χ1v) is 8.17. The van der Waals surface area contributed by atoms with Crippen molar-refractivity contribution in [2.24, 2.45) is 0 Å². The van der Waals surface area contributed by atoms with Crippen LogP contribution in [-0.4, -0.2) is 35.9 Å². The summed E-state index contributed by atoms with van der Waals surface area (Å²) in [5.74, 6) is -0.0500. The van der Waals surface area contributed by atoms with Gasteiger partial charge in [0.25, 0.3) is 0 Å². The highest BCUT2D eigenvalue weighted by Gasteiger charge is 2.17. The van der Waals surface area contributed by atoms with E-state index in [1.54, 1.807) is 0 Å². The van der Waals surface area contributed by atoms with E-state index in [0.717, 1.165) is 22.5 Å². The van der Waals surface area contributed by atoms with Crippen LogP contribution in [0.1, 0.15) is 36.2 Å². The van der Waals surface area contributed by atoms with Crippen LogP contribution < -0.4 is 5.32 Å². The summed E-state index contributed by atoms with van der Waals surface area (Å²) in [6, 6.07) is 7.97. The van der Waals surface area contributed by atoms with Crippen LogP contribution in [0.2, 0.25) is 0 Å². The van der Waals surface area contributed by atoms with Gasteiger partial charge in [-0.25, -0.2) is 9.36 Å². The number of nitrogens with one attached hydrogen (secondary N) is 1. The van der Waals surface area contributed by atoms with Gasteiger partial charge in [-0.3, -0.25) is 4.79 Å². The first kappa shape index (κ1) is 16.8. The molecule has 2 heterocycles. The third kappa shape index (κ3) is 3.73. The number of aromatic nitrogens is 6. The summed E-state index contributed by atoms with van der Waals surface area (Å²) in [4.78, 5) is 12.1. The number of para-hydroxylation sites is 1. The Bertz CT molecular complexity index is 854. The third-order valence-electron chi connectivity index (χ3n) is 4.19. The molecule has 0 radical (unpaired) electrons. The van der Waals surface area contributed by atoms with E-state index in [9.17, 15) is 4.79 Å². The van der Waals surface area contributed by atoms with Crippen LogP contribution >= 0.6 is 0 Å². The summed E-state index contributed by atoms with van der Waals surface area (Å²) in [6.07, 6.45) is 3.63. The van der Waals surface area contributed by atoms with Gasteiger partial charge in [-0.2, -0.15) is 5.10 Å². The van der Waals surface area contributed by atoms with Gasteiger partial charge in [-0.15, -0.1) is 5.10 Å². The SMILES string of the molecule is Cc1ccccc1-n1ncc([C@@H](C)NC(=O)CCn2cnnn2)c1C. The molecule has 8 nitrogen and oxygen atoms in total. The van der Waals surface area contributed by atoms with Crippen LogP contribution in [0.3, 0.4) is 0 Å². The van der Waals surface area contributed by atoms with Gasteiger partial charge in [0.05, 0.1) is 24.5 Å². The molecule has 2 aromatic heterocycles. The number of hydrogen-bond acceptors (Lipinski definition) is 5. The second-order valence-electron chi connectivity index (χ2n) is 6.00. The summed E-state index contributed by atoms with van der Waals surface area (Å²) in [6.45, 7) is 6.48. The number of tetrazole rings is 1. The minimum Gasteiger partial charge on any atom is -0.349 e. The van der Waals surface area contributed by atoms with E-state index in [4.69, 9.17) is 0 Å². The zero-order valence-corrected chi connectivity index (χ0v) is 14.5. The summed E-state index contributed by atoms with van der Waals surface area (Å²) < 4.78 is 3.44. The maximum atomic E-state index is 12.1. The Morgan fingerprint density at radius 3 is 2.80 bits per heavy atom. The van der Waals surface area contributed by atoms with E-state index in [2.05, 4.69) is 38.9 Å². The summed E-state index contributed by atoms with van der Waals surface area (Å²) in [5.41, 5.74) is 4.21. The molecule has 1 N–H and O–H groups in total. The fraction of sp³-hybridized carbons (Fsp3) is 0.353. The molecule has 3 rings (SSSR count). The Labute approximate surface area is 145 Å². The van der Waals surface area contributed by atoms with Crippen molar-refractivity contribution in [2.75, 3.05) is 0 Å². The molecule has 8 heteroatoms. The first-order valence-electron chi connectivity index (χ1n) is 8.17. The van der Waals surface area contributed by atoms with Crippen molar-refractivity contribution in [2.45, 2.75) is 39.8 Å². The van der Waals surface area contributed by atoms with Crippen molar-refractivity contribution in [3.63, 3.8) is 0 Å². The van der Waals surface area contributed by atoms with Gasteiger partial charge in [0.2, 0.25) is 5.91 Å². The fourth-order valence-corrected chi connectivity index (χ4v) is 2.78. The van der Waals surface area contributed by atoms with E-state index in [-0.39, 0.29) is 11.9 Å². The smallest absolute Gasteiger partial charge is 0.222 e. The Morgan fingerprint density at radius 2 is 2.08 bits per heavy atom. The van der Waals surface area contributed by atoms with E-state index in [1.165, 1.54) is 11.0 Å². The standard InChI is InChI=1S/C17H21N7O/c1-12-6-4-5-7-16(12)24-14(3)15(10-19-24)13(2)20-17(25)8-9-23-11-18-21-22-23/h4-7,10-11,13H,8-9H2,1-3H3,(H,20,25)/t13-/m1/s1. The molecule has 0 unspecified atom stereocenters. The normalized spacial score (nSPS) is 12.1. The summed E-state index contributed by atoms with van der Waals surface area (Å²) >= 11 is 0. The van der Waals surface area contributed by atoms with Crippen LogP contribution in [0.5, 0.6) is 0 Å². The third-order valence-corrected chi connectivity index (χ3v) is 4.19. The highest BCUT2D eigenvalue weighted by Crippen LogP contribution is 2.21. The number of hydrogen-bond donors (Lipinski definition) is 1. The van der Waals surface area contributed by atoms with Gasteiger partial charge < -0.3 is 5.32 Å². The number of carbonyl (C=O) groups is 1. The monoisotopic (exact) mass is 339 g/mol. The van der Waals surface area contributed by atoms with E-state index < -0.39 is 0 Å². The minimum atomic E-state index is -0.126. The Kier molecular flexibility index (Phi) is 4.87. The Hall–Kier alpha value is -3.03. The predicted molar refractivity (Wildman–Crippen MR) is 92.0 cm³/mol. The molecule has 0 aliphatic carbocycles. The molecular weight excluding hydrogens is 318 g/mol. The molecular formula is C17H21N7O. The molecule has 0 saturated heterocycles. The molecule has 0 aliphatic rings.